The van der Waals surface area contributed by atoms with Crippen LogP contribution in [0.5, 0.6) is 5.75 Å². The monoisotopic (exact) mass is 266 g/mol. The summed E-state index contributed by atoms with van der Waals surface area (Å²) in [4.78, 5) is 0. The van der Waals surface area contributed by atoms with Gasteiger partial charge in [0.25, 0.3) is 0 Å². The van der Waals surface area contributed by atoms with Gasteiger partial charge in [-0.15, -0.1) is 10.2 Å². The second kappa shape index (κ2) is 4.53. The zero-order valence-electron chi connectivity index (χ0n) is 10.2. The van der Waals surface area contributed by atoms with Crippen LogP contribution in [0.25, 0.3) is 0 Å². The number of hydrogen-bond donors (Lipinski definition) is 3. The molecule has 0 bridgehead atoms. The lowest BCUT2D eigenvalue weighted by atomic mass is 10.00. The van der Waals surface area contributed by atoms with Crippen LogP contribution in [0.3, 0.4) is 0 Å². The molecule has 1 fully saturated rings. The van der Waals surface area contributed by atoms with Crippen LogP contribution >= 0.6 is 0 Å². The number of azo groups is 1. The highest BCUT2D eigenvalue weighted by Gasteiger charge is 2.43. The van der Waals surface area contributed by atoms with Gasteiger partial charge >= 0.3 is 0 Å². The number of fused-ring (bicyclic) bond motifs is 1. The van der Waals surface area contributed by atoms with Crippen molar-refractivity contribution in [2.75, 3.05) is 0 Å². The van der Waals surface area contributed by atoms with E-state index in [1.807, 2.05) is 0 Å². The molecule has 0 spiro atoms. The van der Waals surface area contributed by atoms with Crippen molar-refractivity contribution in [3.8, 4) is 5.75 Å². The zero-order valence-corrected chi connectivity index (χ0v) is 10.2. The molecule has 1 aromatic rings. The van der Waals surface area contributed by atoms with Crippen molar-refractivity contribution in [3.63, 3.8) is 0 Å². The Morgan fingerprint density at radius 2 is 1.89 bits per heavy atom. The first-order valence-corrected chi connectivity index (χ1v) is 5.99. The average Bonchev–Trinajstić information content (AvgIpc) is 2.35. The summed E-state index contributed by atoms with van der Waals surface area (Å²) in [7, 11) is 0. The van der Waals surface area contributed by atoms with Gasteiger partial charge in [0.05, 0.1) is 6.10 Å². The van der Waals surface area contributed by atoms with Gasteiger partial charge < -0.3 is 24.8 Å². The molecule has 3 N–H and O–H groups in total. The Morgan fingerprint density at radius 3 is 2.58 bits per heavy atom. The van der Waals surface area contributed by atoms with E-state index >= 15 is 0 Å². The van der Waals surface area contributed by atoms with Gasteiger partial charge in [-0.2, -0.15) is 0 Å². The van der Waals surface area contributed by atoms with Crippen molar-refractivity contribution in [1.29, 1.82) is 0 Å². The third-order valence-corrected chi connectivity index (χ3v) is 3.29. The first kappa shape index (κ1) is 12.5. The van der Waals surface area contributed by atoms with Gasteiger partial charge in [0.2, 0.25) is 6.29 Å². The standard InChI is InChI=1S/C12H14N2O5/c1-5-9(15)10(16)11(17)12(18-5)19-7-4-2-3-6-8(7)14-13-6/h2-5,9-12,15-17H,1H3/t5-,9+,10+,11-,12-/m0/s1. The molecule has 0 amide bonds. The minimum atomic E-state index is -1.33. The molecule has 1 aromatic carbocycles. The molecule has 0 aliphatic carbocycles. The Kier molecular flexibility index (Phi) is 2.98. The number of hydrogen-bond acceptors (Lipinski definition) is 7. The number of nitrogens with zero attached hydrogens (tertiary/aromatic N) is 2. The summed E-state index contributed by atoms with van der Waals surface area (Å²) >= 11 is 0. The highest BCUT2D eigenvalue weighted by molar-refractivity contribution is 5.73. The minimum Gasteiger partial charge on any atom is -0.460 e. The van der Waals surface area contributed by atoms with E-state index in [9.17, 15) is 15.3 Å². The van der Waals surface area contributed by atoms with Crippen molar-refractivity contribution in [1.82, 2.24) is 0 Å². The van der Waals surface area contributed by atoms with E-state index in [0.717, 1.165) is 0 Å². The normalized spacial score (nSPS) is 36.5. The third-order valence-electron chi connectivity index (χ3n) is 3.29. The zero-order chi connectivity index (χ0) is 13.6. The number of aliphatic hydroxyl groups excluding tert-OH is 3. The molecule has 7 heteroatoms. The van der Waals surface area contributed by atoms with Crippen molar-refractivity contribution in [3.05, 3.63) is 18.2 Å². The van der Waals surface area contributed by atoms with Crippen molar-refractivity contribution in [2.45, 2.75) is 37.6 Å². The molecule has 2 heterocycles. The summed E-state index contributed by atoms with van der Waals surface area (Å²) in [6, 6.07) is 5.21. The predicted octanol–water partition coefficient (Wildman–Crippen LogP) is 0.622. The quantitative estimate of drug-likeness (QED) is 0.739. The summed E-state index contributed by atoms with van der Waals surface area (Å²) in [6.07, 6.45) is -5.49. The van der Waals surface area contributed by atoms with Crippen LogP contribution in [0.15, 0.2) is 28.4 Å². The Labute approximate surface area is 109 Å². The van der Waals surface area contributed by atoms with E-state index in [1.54, 1.807) is 25.1 Å². The van der Waals surface area contributed by atoms with E-state index in [0.29, 0.717) is 17.1 Å². The number of benzene rings is 1. The molecule has 1 saturated heterocycles. The summed E-state index contributed by atoms with van der Waals surface area (Å²) in [5.41, 5.74) is 1.29. The highest BCUT2D eigenvalue weighted by atomic mass is 16.7. The first-order valence-electron chi connectivity index (χ1n) is 5.99. The van der Waals surface area contributed by atoms with Crippen LogP contribution in [0.2, 0.25) is 0 Å². The SMILES string of the molecule is C[C@@H]1O[C@@H](Oc2cccc3c2N=N3)[C@@H](O)[C@H](O)[C@@H]1O. The lowest BCUT2D eigenvalue weighted by molar-refractivity contribution is -0.268. The molecule has 3 rings (SSSR count). The van der Waals surface area contributed by atoms with Gasteiger partial charge in [0, 0.05) is 0 Å². The van der Waals surface area contributed by atoms with E-state index < -0.39 is 30.7 Å². The molecule has 0 unspecified atom stereocenters. The molecule has 0 aromatic heterocycles. The fourth-order valence-corrected chi connectivity index (χ4v) is 2.08. The van der Waals surface area contributed by atoms with E-state index in [4.69, 9.17) is 9.47 Å². The van der Waals surface area contributed by atoms with Crippen LogP contribution in [0.1, 0.15) is 6.92 Å². The van der Waals surface area contributed by atoms with Crippen LogP contribution < -0.4 is 4.74 Å². The lowest BCUT2D eigenvalue weighted by Crippen LogP contribution is -2.58. The number of aliphatic hydroxyl groups is 3. The molecular formula is C12H14N2O5. The maximum atomic E-state index is 9.85. The Morgan fingerprint density at radius 1 is 1.11 bits per heavy atom. The van der Waals surface area contributed by atoms with Crippen LogP contribution in [0.4, 0.5) is 11.4 Å². The fraction of sp³-hybridized carbons (Fsp3) is 0.500. The lowest BCUT2D eigenvalue weighted by Gasteiger charge is -2.39. The van der Waals surface area contributed by atoms with Crippen LogP contribution in [-0.4, -0.2) is 46.0 Å². The van der Waals surface area contributed by atoms with Crippen LogP contribution in [0, 0.1) is 0 Å². The van der Waals surface area contributed by atoms with Gasteiger partial charge in [0.1, 0.15) is 24.0 Å². The average molecular weight is 266 g/mol. The molecule has 19 heavy (non-hydrogen) atoms. The largest absolute Gasteiger partial charge is 0.460 e. The Hall–Kier alpha value is -1.54. The van der Waals surface area contributed by atoms with Crippen molar-refractivity contribution < 1.29 is 24.8 Å². The van der Waals surface area contributed by atoms with E-state index in [1.165, 1.54) is 0 Å². The molecule has 2 aliphatic heterocycles. The summed E-state index contributed by atoms with van der Waals surface area (Å²) in [6.45, 7) is 1.60. The molecule has 2 aliphatic rings. The molecule has 102 valence electrons. The third kappa shape index (κ3) is 2.00. The van der Waals surface area contributed by atoms with Gasteiger partial charge in [-0.3, -0.25) is 0 Å². The number of rotatable bonds is 2. The highest BCUT2D eigenvalue weighted by Crippen LogP contribution is 2.45. The van der Waals surface area contributed by atoms with Gasteiger partial charge in [0.15, 0.2) is 11.4 Å². The van der Waals surface area contributed by atoms with Gasteiger partial charge in [-0.25, -0.2) is 0 Å². The molecule has 0 radical (unpaired) electrons. The number of ether oxygens (including phenoxy) is 2. The summed E-state index contributed by atoms with van der Waals surface area (Å²) in [5.74, 6) is 0.423. The Balaban J connectivity index is 1.78. The molecule has 0 saturated carbocycles. The summed E-state index contributed by atoms with van der Waals surface area (Å²) < 4.78 is 10.9. The van der Waals surface area contributed by atoms with Crippen molar-refractivity contribution >= 4 is 11.4 Å². The fourth-order valence-electron chi connectivity index (χ4n) is 2.08. The molecule has 7 nitrogen and oxygen atoms in total. The maximum absolute atomic E-state index is 9.85. The molecular weight excluding hydrogens is 252 g/mol. The Bertz CT molecular complexity index is 521. The molecule has 5 atom stereocenters. The maximum Gasteiger partial charge on any atom is 0.229 e. The van der Waals surface area contributed by atoms with Crippen LogP contribution in [-0.2, 0) is 4.74 Å². The van der Waals surface area contributed by atoms with E-state index in [-0.39, 0.29) is 0 Å². The van der Waals surface area contributed by atoms with E-state index in [2.05, 4.69) is 10.2 Å². The first-order chi connectivity index (χ1) is 9.08. The smallest absolute Gasteiger partial charge is 0.229 e. The second-order valence-corrected chi connectivity index (χ2v) is 4.62. The van der Waals surface area contributed by atoms with Crippen molar-refractivity contribution in [2.24, 2.45) is 10.2 Å². The topological polar surface area (TPSA) is 104 Å². The second-order valence-electron chi connectivity index (χ2n) is 4.62. The minimum absolute atomic E-state index is 0.423. The van der Waals surface area contributed by atoms with Gasteiger partial charge in [-0.1, -0.05) is 6.07 Å². The van der Waals surface area contributed by atoms with Gasteiger partial charge in [-0.05, 0) is 19.1 Å². The summed E-state index contributed by atoms with van der Waals surface area (Å²) in [5, 5.41) is 36.8. The predicted molar refractivity (Wildman–Crippen MR) is 63.6 cm³/mol.